The molecule has 9 nitrogen and oxygen atoms in total. The molecule has 4 rings (SSSR count). The zero-order valence-electron chi connectivity index (χ0n) is 28.7. The molecule has 0 heterocycles. The summed E-state index contributed by atoms with van der Waals surface area (Å²) < 4.78 is 56.5. The molecule has 0 N–H and O–H groups in total. The second kappa shape index (κ2) is 18.4. The minimum atomic E-state index is -3.73. The third-order valence-corrected chi connectivity index (χ3v) is 10.2. The lowest BCUT2D eigenvalue weighted by atomic mass is 10.1. The third kappa shape index (κ3) is 12.2. The summed E-state index contributed by atoms with van der Waals surface area (Å²) in [6, 6.07) is 26.6. The maximum atomic E-state index is 12.6. The zero-order chi connectivity index (χ0) is 37.1. The molecule has 0 spiro atoms. The predicted octanol–water partition coefficient (Wildman–Crippen LogP) is 7.11. The van der Waals surface area contributed by atoms with Crippen LogP contribution < -0.4 is 13.3 Å². The Hall–Kier alpha value is -3.90. The third-order valence-electron chi connectivity index (χ3n) is 7.40. The number of nitrogens with zero attached hydrogens (tertiary/aromatic N) is 2. The van der Waals surface area contributed by atoms with Gasteiger partial charge in [-0.2, -0.15) is 0 Å². The van der Waals surface area contributed by atoms with Crippen LogP contribution in [0.1, 0.15) is 36.1 Å². The molecule has 4 aromatic carbocycles. The summed E-state index contributed by atoms with van der Waals surface area (Å²) in [6.45, 7) is 5.76. The van der Waals surface area contributed by atoms with Crippen molar-refractivity contribution in [2.75, 3.05) is 40.8 Å². The lowest BCUT2D eigenvalue weighted by molar-refractivity contribution is -0.117. The van der Waals surface area contributed by atoms with Gasteiger partial charge < -0.3 is 4.74 Å². The number of anilines is 2. The molecule has 0 bridgehead atoms. The van der Waals surface area contributed by atoms with Crippen molar-refractivity contribution in [1.82, 2.24) is 0 Å². The Kier molecular flexibility index (Phi) is 14.9. The van der Waals surface area contributed by atoms with Crippen LogP contribution in [-0.2, 0) is 48.9 Å². The Labute approximate surface area is 305 Å². The van der Waals surface area contributed by atoms with Crippen LogP contribution >= 0.6 is 23.2 Å². The van der Waals surface area contributed by atoms with Crippen molar-refractivity contribution < 1.29 is 31.2 Å². The van der Waals surface area contributed by atoms with Gasteiger partial charge in [0.15, 0.2) is 11.6 Å². The van der Waals surface area contributed by atoms with Crippen molar-refractivity contribution in [2.24, 2.45) is 0 Å². The van der Waals surface area contributed by atoms with Crippen molar-refractivity contribution in [3.63, 3.8) is 0 Å². The van der Waals surface area contributed by atoms with E-state index in [0.717, 1.165) is 33.5 Å². The summed E-state index contributed by atoms with van der Waals surface area (Å²) in [4.78, 5) is 25.0. The van der Waals surface area contributed by atoms with Gasteiger partial charge in [0, 0.05) is 23.4 Å². The molecule has 0 aliphatic rings. The minimum Gasteiger partial charge on any atom is -0.494 e. The minimum absolute atomic E-state index is 0.0420. The van der Waals surface area contributed by atoms with Gasteiger partial charge in [-0.05, 0) is 61.7 Å². The number of hydrogen-bond donors (Lipinski definition) is 0. The number of rotatable bonds is 15. The quantitative estimate of drug-likeness (QED) is 0.127. The van der Waals surface area contributed by atoms with E-state index in [-0.39, 0.29) is 48.2 Å². The van der Waals surface area contributed by atoms with E-state index < -0.39 is 20.0 Å². The summed E-state index contributed by atoms with van der Waals surface area (Å²) in [7, 11) is -7.26. The number of ether oxygens (including phenoxy) is 1. The monoisotopic (exact) mass is 760 g/mol. The van der Waals surface area contributed by atoms with Gasteiger partial charge in [0.25, 0.3) is 0 Å². The maximum Gasteiger partial charge on any atom is 0.232 e. The number of aryl methyl sites for hydroxylation is 2. The molecule has 0 unspecified atom stereocenters. The molecule has 0 amide bonds. The molecule has 268 valence electrons. The van der Waals surface area contributed by atoms with Crippen LogP contribution in [0.25, 0.3) is 0 Å². The van der Waals surface area contributed by atoms with Gasteiger partial charge in [0.1, 0.15) is 5.75 Å². The smallest absolute Gasteiger partial charge is 0.232 e. The second-order valence-corrected chi connectivity index (χ2v) is 16.2. The number of sulfonamides is 2. The lowest BCUT2D eigenvalue weighted by Gasteiger charge is -2.24. The molecule has 13 heteroatoms. The molecule has 0 aliphatic heterocycles. The Morgan fingerprint density at radius 3 is 1.86 bits per heavy atom. The van der Waals surface area contributed by atoms with Gasteiger partial charge >= 0.3 is 0 Å². The fourth-order valence-electron chi connectivity index (χ4n) is 5.13. The molecule has 0 aromatic heterocycles. The van der Waals surface area contributed by atoms with E-state index in [1.807, 2.05) is 63.2 Å². The van der Waals surface area contributed by atoms with E-state index in [1.165, 1.54) is 16.4 Å². The maximum absolute atomic E-state index is 12.6. The van der Waals surface area contributed by atoms with Gasteiger partial charge in [-0.3, -0.25) is 18.2 Å². The standard InChI is InChI=1S/C19H23NO3S.C18H19Cl2NO4S/c1-4-17-10-5-6-11-19(17)20(24(3,22)23)14-18(21)13-16-9-7-8-15(2)12-16;1-3-25-18-7-5-4-6-13(18)10-15(22)12-21(26(2,23)24)17-11-14(19)8-9-16(17)20/h5-12H,4,13-14H2,1-3H3;4-9,11H,3,10,12H2,1-2H3. The molecular formula is C37H42Cl2N2O7S2. The second-order valence-electron chi connectivity index (χ2n) is 11.6. The van der Waals surface area contributed by atoms with Crippen molar-refractivity contribution >= 4 is 66.2 Å². The van der Waals surface area contributed by atoms with E-state index in [9.17, 15) is 26.4 Å². The number of hydrogen-bond acceptors (Lipinski definition) is 7. The first kappa shape index (κ1) is 40.5. The van der Waals surface area contributed by atoms with Crippen LogP contribution in [0.4, 0.5) is 11.4 Å². The first-order valence-electron chi connectivity index (χ1n) is 15.8. The molecule has 0 fully saturated rings. The summed E-state index contributed by atoms with van der Waals surface area (Å²) in [5.41, 5.74) is 4.35. The van der Waals surface area contributed by atoms with Crippen LogP contribution in [0.3, 0.4) is 0 Å². The molecular weight excluding hydrogens is 719 g/mol. The SMILES string of the molecule is CCOc1ccccc1CC(=O)CN(c1cc(Cl)ccc1Cl)S(C)(=O)=O.CCc1ccccc1N(CC(=O)Cc1cccc(C)c1)S(C)(=O)=O. The van der Waals surface area contributed by atoms with Gasteiger partial charge in [-0.15, -0.1) is 0 Å². The van der Waals surface area contributed by atoms with Crippen LogP contribution in [0.15, 0.2) is 91.0 Å². The Bertz CT molecular complexity index is 2020. The number of para-hydroxylation sites is 2. The van der Waals surface area contributed by atoms with E-state index in [1.54, 1.807) is 36.4 Å². The molecule has 4 aromatic rings. The number of carbonyl (C=O) groups is 2. The number of benzene rings is 4. The molecule has 0 radical (unpaired) electrons. The highest BCUT2D eigenvalue weighted by Crippen LogP contribution is 2.31. The van der Waals surface area contributed by atoms with Gasteiger partial charge in [-0.25, -0.2) is 16.8 Å². The summed E-state index contributed by atoms with van der Waals surface area (Å²) in [5, 5.41) is 0.523. The lowest BCUT2D eigenvalue weighted by Crippen LogP contribution is -2.36. The zero-order valence-corrected chi connectivity index (χ0v) is 31.9. The average Bonchev–Trinajstić information content (AvgIpc) is 3.04. The Morgan fingerprint density at radius 1 is 0.680 bits per heavy atom. The van der Waals surface area contributed by atoms with E-state index in [2.05, 4.69) is 0 Å². The number of Topliss-reactive ketones (excluding diaryl/α,β-unsaturated/α-hetero) is 2. The first-order valence-corrected chi connectivity index (χ1v) is 20.3. The van der Waals surface area contributed by atoms with Crippen molar-refractivity contribution in [1.29, 1.82) is 0 Å². The van der Waals surface area contributed by atoms with E-state index in [0.29, 0.717) is 35.1 Å². The molecule has 50 heavy (non-hydrogen) atoms. The summed E-state index contributed by atoms with van der Waals surface area (Å²) in [5.74, 6) is 0.186. The molecule has 0 saturated carbocycles. The first-order chi connectivity index (χ1) is 23.5. The van der Waals surface area contributed by atoms with Crippen molar-refractivity contribution in [2.45, 2.75) is 40.0 Å². The Morgan fingerprint density at radius 2 is 1.26 bits per heavy atom. The van der Waals surface area contributed by atoms with E-state index in [4.69, 9.17) is 27.9 Å². The molecule has 0 atom stereocenters. The highest BCUT2D eigenvalue weighted by Gasteiger charge is 2.25. The normalized spacial score (nSPS) is 11.3. The van der Waals surface area contributed by atoms with E-state index >= 15 is 0 Å². The van der Waals surface area contributed by atoms with Crippen LogP contribution in [-0.4, -0.2) is 60.6 Å². The van der Waals surface area contributed by atoms with Crippen LogP contribution in [0.2, 0.25) is 10.0 Å². The van der Waals surface area contributed by atoms with Crippen molar-refractivity contribution in [3.05, 3.63) is 123 Å². The van der Waals surface area contributed by atoms with Crippen LogP contribution in [0, 0.1) is 6.92 Å². The molecule has 0 saturated heterocycles. The van der Waals surface area contributed by atoms with Gasteiger partial charge in [-0.1, -0.05) is 96.4 Å². The number of carbonyl (C=O) groups excluding carboxylic acids is 2. The molecule has 0 aliphatic carbocycles. The summed E-state index contributed by atoms with van der Waals surface area (Å²) in [6.07, 6.45) is 3.13. The van der Waals surface area contributed by atoms with Crippen LogP contribution in [0.5, 0.6) is 5.75 Å². The highest BCUT2D eigenvalue weighted by molar-refractivity contribution is 7.92. The predicted molar refractivity (Wildman–Crippen MR) is 203 cm³/mol. The Balaban J connectivity index is 0.000000271. The van der Waals surface area contributed by atoms with Crippen molar-refractivity contribution in [3.8, 4) is 5.75 Å². The average molecular weight is 762 g/mol. The fourth-order valence-corrected chi connectivity index (χ4v) is 7.37. The summed E-state index contributed by atoms with van der Waals surface area (Å²) >= 11 is 12.1. The fraction of sp³-hybridized carbons (Fsp3) is 0.297. The van der Waals surface area contributed by atoms with Gasteiger partial charge in [0.2, 0.25) is 20.0 Å². The number of halogens is 2. The number of ketones is 2. The topological polar surface area (TPSA) is 118 Å². The van der Waals surface area contributed by atoms with Gasteiger partial charge in [0.05, 0.1) is 48.6 Å². The largest absolute Gasteiger partial charge is 0.494 e. The highest BCUT2D eigenvalue weighted by atomic mass is 35.5.